The van der Waals surface area contributed by atoms with Gasteiger partial charge in [-0.25, -0.2) is 9.37 Å². The zero-order chi connectivity index (χ0) is 12.8. The number of halogens is 1. The van der Waals surface area contributed by atoms with E-state index in [1.807, 2.05) is 0 Å². The average Bonchev–Trinajstić information content (AvgIpc) is 2.41. The van der Waals surface area contributed by atoms with E-state index in [4.69, 9.17) is 10.5 Å². The highest BCUT2D eigenvalue weighted by Crippen LogP contribution is 2.15. The fraction of sp³-hybridized carbons (Fsp3) is 0.615. The molecule has 0 aromatic carbocycles. The third kappa shape index (κ3) is 3.65. The fourth-order valence-electron chi connectivity index (χ4n) is 2.20. The van der Waals surface area contributed by atoms with Crippen molar-refractivity contribution in [1.29, 1.82) is 0 Å². The van der Waals surface area contributed by atoms with Gasteiger partial charge in [0.15, 0.2) is 0 Å². The van der Waals surface area contributed by atoms with Crippen molar-refractivity contribution in [3.8, 4) is 5.88 Å². The molecule has 1 aromatic rings. The van der Waals surface area contributed by atoms with Crippen molar-refractivity contribution in [2.45, 2.75) is 25.8 Å². The highest BCUT2D eigenvalue weighted by Gasteiger charge is 2.11. The molecular formula is C13H20FN3O. The maximum Gasteiger partial charge on any atom is 0.218 e. The Balaban J connectivity index is 1.82. The lowest BCUT2D eigenvalue weighted by atomic mass is 10.1. The van der Waals surface area contributed by atoms with Crippen molar-refractivity contribution in [3.05, 3.63) is 23.6 Å². The molecule has 1 aromatic heterocycles. The number of likely N-dealkylation sites (tertiary alicyclic amines) is 1. The Kier molecular flexibility index (Phi) is 4.90. The van der Waals surface area contributed by atoms with Crippen molar-refractivity contribution < 1.29 is 9.13 Å². The minimum Gasteiger partial charge on any atom is -0.476 e. The molecule has 18 heavy (non-hydrogen) atoms. The number of rotatable bonds is 5. The summed E-state index contributed by atoms with van der Waals surface area (Å²) in [5, 5.41) is 0. The summed E-state index contributed by atoms with van der Waals surface area (Å²) < 4.78 is 18.6. The number of hydrogen-bond acceptors (Lipinski definition) is 4. The van der Waals surface area contributed by atoms with Crippen LogP contribution >= 0.6 is 0 Å². The largest absolute Gasteiger partial charge is 0.476 e. The standard InChI is InChI=1S/C13H20FN3O/c14-12-8-11(9-15)13(16-10-12)18-7-6-17-4-2-1-3-5-17/h8,10H,1-7,9,15H2. The van der Waals surface area contributed by atoms with Gasteiger partial charge in [-0.15, -0.1) is 0 Å². The Bertz CT molecular complexity index is 380. The molecule has 1 saturated heterocycles. The lowest BCUT2D eigenvalue weighted by molar-refractivity contribution is 0.179. The van der Waals surface area contributed by atoms with Crippen LogP contribution in [-0.4, -0.2) is 36.1 Å². The quantitative estimate of drug-likeness (QED) is 0.865. The first-order chi connectivity index (χ1) is 8.79. The number of ether oxygens (including phenoxy) is 1. The molecule has 4 nitrogen and oxygen atoms in total. The molecule has 1 fully saturated rings. The van der Waals surface area contributed by atoms with Gasteiger partial charge in [-0.3, -0.25) is 4.90 Å². The molecule has 5 heteroatoms. The molecular weight excluding hydrogens is 233 g/mol. The SMILES string of the molecule is NCc1cc(F)cnc1OCCN1CCCCC1. The van der Waals surface area contributed by atoms with E-state index in [9.17, 15) is 4.39 Å². The van der Waals surface area contributed by atoms with Gasteiger partial charge in [0, 0.05) is 18.7 Å². The molecule has 1 aliphatic heterocycles. The second-order valence-electron chi connectivity index (χ2n) is 4.57. The Morgan fingerprint density at radius 3 is 2.83 bits per heavy atom. The van der Waals surface area contributed by atoms with Gasteiger partial charge in [-0.05, 0) is 32.0 Å². The van der Waals surface area contributed by atoms with E-state index in [2.05, 4.69) is 9.88 Å². The summed E-state index contributed by atoms with van der Waals surface area (Å²) in [6, 6.07) is 1.38. The van der Waals surface area contributed by atoms with E-state index in [1.165, 1.54) is 25.3 Å². The lowest BCUT2D eigenvalue weighted by Gasteiger charge is -2.26. The first kappa shape index (κ1) is 13.2. The monoisotopic (exact) mass is 253 g/mol. The summed E-state index contributed by atoms with van der Waals surface area (Å²) in [6.45, 7) is 3.99. The predicted octanol–water partition coefficient (Wildman–Crippen LogP) is 1.54. The van der Waals surface area contributed by atoms with Crippen LogP contribution in [0.1, 0.15) is 24.8 Å². The van der Waals surface area contributed by atoms with Gasteiger partial charge in [0.2, 0.25) is 5.88 Å². The molecule has 2 heterocycles. The van der Waals surface area contributed by atoms with Gasteiger partial charge in [-0.1, -0.05) is 6.42 Å². The summed E-state index contributed by atoms with van der Waals surface area (Å²) in [4.78, 5) is 6.32. The van der Waals surface area contributed by atoms with E-state index in [-0.39, 0.29) is 12.4 Å². The van der Waals surface area contributed by atoms with E-state index in [0.29, 0.717) is 18.1 Å². The summed E-state index contributed by atoms with van der Waals surface area (Å²) in [7, 11) is 0. The summed E-state index contributed by atoms with van der Waals surface area (Å²) >= 11 is 0. The number of nitrogens with two attached hydrogens (primary N) is 1. The fourth-order valence-corrected chi connectivity index (χ4v) is 2.20. The zero-order valence-corrected chi connectivity index (χ0v) is 10.6. The maximum atomic E-state index is 13.0. The van der Waals surface area contributed by atoms with E-state index in [0.717, 1.165) is 25.8 Å². The Morgan fingerprint density at radius 1 is 1.33 bits per heavy atom. The van der Waals surface area contributed by atoms with Crippen LogP contribution in [0, 0.1) is 5.82 Å². The molecule has 0 spiro atoms. The number of nitrogens with zero attached hydrogens (tertiary/aromatic N) is 2. The Hall–Kier alpha value is -1.20. The molecule has 2 rings (SSSR count). The third-order valence-electron chi connectivity index (χ3n) is 3.21. The van der Waals surface area contributed by atoms with Crippen LogP contribution < -0.4 is 10.5 Å². The van der Waals surface area contributed by atoms with E-state index < -0.39 is 0 Å². The summed E-state index contributed by atoms with van der Waals surface area (Å²) in [5.74, 6) is 0.0785. The zero-order valence-electron chi connectivity index (χ0n) is 10.6. The third-order valence-corrected chi connectivity index (χ3v) is 3.21. The lowest BCUT2D eigenvalue weighted by Crippen LogP contribution is -2.33. The molecule has 0 saturated carbocycles. The Morgan fingerprint density at radius 2 is 2.11 bits per heavy atom. The van der Waals surface area contributed by atoms with Crippen molar-refractivity contribution in [3.63, 3.8) is 0 Å². The van der Waals surface area contributed by atoms with E-state index >= 15 is 0 Å². The first-order valence-electron chi connectivity index (χ1n) is 6.49. The number of aromatic nitrogens is 1. The molecule has 0 radical (unpaired) electrons. The molecule has 0 bridgehead atoms. The van der Waals surface area contributed by atoms with Crippen molar-refractivity contribution >= 4 is 0 Å². The minimum atomic E-state index is -0.376. The van der Waals surface area contributed by atoms with Crippen LogP contribution in [0.15, 0.2) is 12.3 Å². The van der Waals surface area contributed by atoms with Gasteiger partial charge >= 0.3 is 0 Å². The average molecular weight is 253 g/mol. The first-order valence-corrected chi connectivity index (χ1v) is 6.49. The molecule has 0 aliphatic carbocycles. The Labute approximate surface area is 107 Å². The molecule has 100 valence electrons. The van der Waals surface area contributed by atoms with Gasteiger partial charge in [-0.2, -0.15) is 0 Å². The van der Waals surface area contributed by atoms with Crippen molar-refractivity contribution in [1.82, 2.24) is 9.88 Å². The van der Waals surface area contributed by atoms with Gasteiger partial charge < -0.3 is 10.5 Å². The second-order valence-corrected chi connectivity index (χ2v) is 4.57. The van der Waals surface area contributed by atoms with Crippen LogP contribution in [0.4, 0.5) is 4.39 Å². The highest BCUT2D eigenvalue weighted by atomic mass is 19.1. The van der Waals surface area contributed by atoms with Crippen LogP contribution in [0.25, 0.3) is 0 Å². The van der Waals surface area contributed by atoms with Crippen LogP contribution in [0.3, 0.4) is 0 Å². The summed E-state index contributed by atoms with van der Waals surface area (Å²) in [6.07, 6.45) is 5.02. The van der Waals surface area contributed by atoms with Crippen LogP contribution in [0.5, 0.6) is 5.88 Å². The number of pyridine rings is 1. The van der Waals surface area contributed by atoms with Crippen LogP contribution in [0.2, 0.25) is 0 Å². The van der Waals surface area contributed by atoms with Gasteiger partial charge in [0.1, 0.15) is 12.4 Å². The van der Waals surface area contributed by atoms with Crippen LogP contribution in [-0.2, 0) is 6.54 Å². The molecule has 0 amide bonds. The molecule has 1 aliphatic rings. The molecule has 0 unspecified atom stereocenters. The minimum absolute atomic E-state index is 0.240. The van der Waals surface area contributed by atoms with Gasteiger partial charge in [0.25, 0.3) is 0 Å². The normalized spacial score (nSPS) is 16.8. The maximum absolute atomic E-state index is 13.0. The smallest absolute Gasteiger partial charge is 0.218 e. The molecule has 0 atom stereocenters. The molecule has 2 N–H and O–H groups in total. The van der Waals surface area contributed by atoms with E-state index in [1.54, 1.807) is 0 Å². The summed E-state index contributed by atoms with van der Waals surface area (Å²) in [5.41, 5.74) is 6.16. The van der Waals surface area contributed by atoms with Crippen molar-refractivity contribution in [2.75, 3.05) is 26.2 Å². The van der Waals surface area contributed by atoms with Gasteiger partial charge in [0.05, 0.1) is 6.20 Å². The number of hydrogen-bond donors (Lipinski definition) is 1. The van der Waals surface area contributed by atoms with Crippen molar-refractivity contribution in [2.24, 2.45) is 5.73 Å². The predicted molar refractivity (Wildman–Crippen MR) is 67.9 cm³/mol. The topological polar surface area (TPSA) is 51.4 Å². The number of piperidine rings is 1. The highest BCUT2D eigenvalue weighted by molar-refractivity contribution is 5.25. The second kappa shape index (κ2) is 6.66.